The first-order chi connectivity index (χ1) is 9.83. The summed E-state index contributed by atoms with van der Waals surface area (Å²) in [5.41, 5.74) is 4.72. The molecule has 0 heterocycles. The molecule has 1 saturated carbocycles. The van der Waals surface area contributed by atoms with Gasteiger partial charge in [0.05, 0.1) is 12.6 Å². The van der Waals surface area contributed by atoms with Crippen LogP contribution < -0.4 is 16.6 Å². The number of hydrogen-bond donors (Lipinski definition) is 3. The SMILES string of the molecule is COCc1ccccc1NC(=NC1CCCCC1)NN. The molecule has 2 rings (SSSR count). The Morgan fingerprint density at radius 1 is 1.30 bits per heavy atom. The Kier molecular flexibility index (Phi) is 5.83. The number of rotatable bonds is 4. The number of benzene rings is 1. The second kappa shape index (κ2) is 7.87. The minimum absolute atomic E-state index is 0.372. The predicted molar refractivity (Wildman–Crippen MR) is 82.4 cm³/mol. The molecule has 20 heavy (non-hydrogen) atoms. The maximum atomic E-state index is 5.59. The number of para-hydroxylation sites is 1. The van der Waals surface area contributed by atoms with E-state index in [1.807, 2.05) is 24.3 Å². The molecule has 1 aromatic carbocycles. The highest BCUT2D eigenvalue weighted by atomic mass is 16.5. The molecule has 5 nitrogen and oxygen atoms in total. The van der Waals surface area contributed by atoms with Crippen LogP contribution in [0.2, 0.25) is 0 Å². The monoisotopic (exact) mass is 276 g/mol. The van der Waals surface area contributed by atoms with E-state index in [-0.39, 0.29) is 0 Å². The Morgan fingerprint density at radius 2 is 2.05 bits per heavy atom. The highest BCUT2D eigenvalue weighted by Gasteiger charge is 2.13. The average Bonchev–Trinajstić information content (AvgIpc) is 2.50. The van der Waals surface area contributed by atoms with Crippen molar-refractivity contribution in [3.63, 3.8) is 0 Å². The van der Waals surface area contributed by atoms with Crippen molar-refractivity contribution in [1.29, 1.82) is 0 Å². The standard InChI is InChI=1S/C15H24N4O/c1-20-11-12-7-5-6-10-14(12)18-15(19-16)17-13-8-3-2-4-9-13/h5-7,10,13H,2-4,8-9,11,16H2,1H3,(H2,17,18,19). The third-order valence-corrected chi connectivity index (χ3v) is 3.59. The van der Waals surface area contributed by atoms with Crippen molar-refractivity contribution < 1.29 is 4.74 Å². The number of methoxy groups -OCH3 is 1. The van der Waals surface area contributed by atoms with Crippen molar-refractivity contribution in [3.8, 4) is 0 Å². The van der Waals surface area contributed by atoms with Gasteiger partial charge >= 0.3 is 0 Å². The molecule has 0 saturated heterocycles. The first kappa shape index (κ1) is 14.8. The summed E-state index contributed by atoms with van der Waals surface area (Å²) in [5.74, 6) is 6.21. The van der Waals surface area contributed by atoms with E-state index in [1.165, 1.54) is 19.3 Å². The Balaban J connectivity index is 2.07. The maximum absolute atomic E-state index is 5.59. The molecular weight excluding hydrogens is 252 g/mol. The summed E-state index contributed by atoms with van der Waals surface area (Å²) in [4.78, 5) is 4.68. The first-order valence-electron chi connectivity index (χ1n) is 7.21. The molecule has 0 bridgehead atoms. The zero-order valence-corrected chi connectivity index (χ0v) is 12.1. The van der Waals surface area contributed by atoms with Crippen molar-refractivity contribution in [2.24, 2.45) is 10.8 Å². The second-order valence-corrected chi connectivity index (χ2v) is 5.13. The van der Waals surface area contributed by atoms with Crippen LogP contribution in [0.15, 0.2) is 29.3 Å². The van der Waals surface area contributed by atoms with Crippen LogP contribution in [-0.2, 0) is 11.3 Å². The van der Waals surface area contributed by atoms with Crippen molar-refractivity contribution in [2.75, 3.05) is 12.4 Å². The lowest BCUT2D eigenvalue weighted by atomic mass is 9.96. The van der Waals surface area contributed by atoms with Gasteiger partial charge in [-0.2, -0.15) is 0 Å². The number of hydrogen-bond acceptors (Lipinski definition) is 3. The number of ether oxygens (including phenoxy) is 1. The van der Waals surface area contributed by atoms with Gasteiger partial charge in [-0.15, -0.1) is 0 Å². The lowest BCUT2D eigenvalue weighted by Gasteiger charge is -2.20. The van der Waals surface area contributed by atoms with Gasteiger partial charge in [0.15, 0.2) is 0 Å². The maximum Gasteiger partial charge on any atom is 0.210 e. The van der Waals surface area contributed by atoms with Crippen molar-refractivity contribution >= 4 is 11.6 Å². The van der Waals surface area contributed by atoms with E-state index in [4.69, 9.17) is 10.6 Å². The molecule has 1 aliphatic carbocycles. The lowest BCUT2D eigenvalue weighted by molar-refractivity contribution is 0.185. The van der Waals surface area contributed by atoms with Gasteiger partial charge in [0, 0.05) is 18.4 Å². The van der Waals surface area contributed by atoms with E-state index in [9.17, 15) is 0 Å². The molecule has 1 fully saturated rings. The van der Waals surface area contributed by atoms with Crippen molar-refractivity contribution in [1.82, 2.24) is 5.43 Å². The molecule has 0 radical (unpaired) electrons. The molecule has 0 atom stereocenters. The van der Waals surface area contributed by atoms with Crippen LogP contribution in [0.25, 0.3) is 0 Å². The second-order valence-electron chi connectivity index (χ2n) is 5.13. The third kappa shape index (κ3) is 4.21. The van der Waals surface area contributed by atoms with Gasteiger partial charge in [0.2, 0.25) is 5.96 Å². The fourth-order valence-corrected chi connectivity index (χ4v) is 2.55. The van der Waals surface area contributed by atoms with E-state index in [0.717, 1.165) is 24.1 Å². The minimum Gasteiger partial charge on any atom is -0.380 e. The summed E-state index contributed by atoms with van der Waals surface area (Å²) in [7, 11) is 1.69. The van der Waals surface area contributed by atoms with Gasteiger partial charge in [-0.05, 0) is 18.9 Å². The van der Waals surface area contributed by atoms with Crippen LogP contribution >= 0.6 is 0 Å². The summed E-state index contributed by atoms with van der Waals surface area (Å²) in [6.07, 6.45) is 6.12. The number of nitrogens with one attached hydrogen (secondary N) is 2. The van der Waals surface area contributed by atoms with E-state index in [1.54, 1.807) is 7.11 Å². The van der Waals surface area contributed by atoms with E-state index in [2.05, 4.69) is 15.7 Å². The summed E-state index contributed by atoms with van der Waals surface area (Å²) in [6.45, 7) is 0.560. The van der Waals surface area contributed by atoms with Crippen molar-refractivity contribution in [2.45, 2.75) is 44.8 Å². The van der Waals surface area contributed by atoms with Crippen molar-refractivity contribution in [3.05, 3.63) is 29.8 Å². The molecule has 1 aliphatic rings. The molecule has 0 amide bonds. The minimum atomic E-state index is 0.372. The van der Waals surface area contributed by atoms with E-state index in [0.29, 0.717) is 18.6 Å². The molecule has 0 aromatic heterocycles. The molecule has 5 heteroatoms. The third-order valence-electron chi connectivity index (χ3n) is 3.59. The molecular formula is C15H24N4O. The number of guanidine groups is 1. The Bertz CT molecular complexity index is 441. The molecule has 0 aliphatic heterocycles. The highest BCUT2D eigenvalue weighted by Crippen LogP contribution is 2.21. The normalized spacial score (nSPS) is 17.0. The number of aliphatic imine (C=N–C) groups is 1. The van der Waals surface area contributed by atoms with Crippen LogP contribution in [0, 0.1) is 0 Å². The van der Waals surface area contributed by atoms with Gasteiger partial charge in [0.25, 0.3) is 0 Å². The largest absolute Gasteiger partial charge is 0.380 e. The van der Waals surface area contributed by atoms with Gasteiger partial charge in [0.1, 0.15) is 0 Å². The van der Waals surface area contributed by atoms with Crippen LogP contribution in [0.1, 0.15) is 37.7 Å². The number of anilines is 1. The smallest absolute Gasteiger partial charge is 0.210 e. The zero-order valence-electron chi connectivity index (χ0n) is 12.1. The lowest BCUT2D eigenvalue weighted by Crippen LogP contribution is -2.37. The first-order valence-corrected chi connectivity index (χ1v) is 7.21. The zero-order chi connectivity index (χ0) is 14.2. The average molecular weight is 276 g/mol. The van der Waals surface area contributed by atoms with Crippen LogP contribution in [-0.4, -0.2) is 19.1 Å². The fraction of sp³-hybridized carbons (Fsp3) is 0.533. The molecule has 4 N–H and O–H groups in total. The summed E-state index contributed by atoms with van der Waals surface area (Å²) >= 11 is 0. The molecule has 0 spiro atoms. The van der Waals surface area contributed by atoms with Gasteiger partial charge in [-0.25, -0.2) is 10.8 Å². The van der Waals surface area contributed by atoms with Crippen LogP contribution in [0.3, 0.4) is 0 Å². The number of hydrazine groups is 1. The molecule has 1 aromatic rings. The quantitative estimate of drug-likeness (QED) is 0.342. The number of nitrogens with zero attached hydrogens (tertiary/aromatic N) is 1. The fourth-order valence-electron chi connectivity index (χ4n) is 2.55. The number of nitrogens with two attached hydrogens (primary N) is 1. The van der Waals surface area contributed by atoms with Crippen LogP contribution in [0.5, 0.6) is 0 Å². The Labute approximate surface area is 120 Å². The van der Waals surface area contributed by atoms with Gasteiger partial charge in [-0.1, -0.05) is 37.5 Å². The Hall–Kier alpha value is -1.59. The Morgan fingerprint density at radius 3 is 2.75 bits per heavy atom. The van der Waals surface area contributed by atoms with Crippen LogP contribution in [0.4, 0.5) is 5.69 Å². The van der Waals surface area contributed by atoms with E-state index >= 15 is 0 Å². The molecule has 0 unspecified atom stereocenters. The van der Waals surface area contributed by atoms with Gasteiger partial charge in [-0.3, -0.25) is 5.43 Å². The summed E-state index contributed by atoms with van der Waals surface area (Å²) in [6, 6.07) is 8.38. The summed E-state index contributed by atoms with van der Waals surface area (Å²) in [5, 5.41) is 3.26. The predicted octanol–water partition coefficient (Wildman–Crippen LogP) is 2.40. The highest BCUT2D eigenvalue weighted by molar-refractivity contribution is 5.94. The van der Waals surface area contributed by atoms with Gasteiger partial charge < -0.3 is 10.1 Å². The summed E-state index contributed by atoms with van der Waals surface area (Å²) < 4.78 is 5.20. The topological polar surface area (TPSA) is 71.7 Å². The molecule has 110 valence electrons. The van der Waals surface area contributed by atoms with E-state index < -0.39 is 0 Å².